The highest BCUT2D eigenvalue weighted by Crippen LogP contribution is 2.11. The van der Waals surface area contributed by atoms with Gasteiger partial charge in [0, 0.05) is 32.3 Å². The van der Waals surface area contributed by atoms with Crippen molar-refractivity contribution in [2.75, 3.05) is 20.8 Å². The van der Waals surface area contributed by atoms with Crippen LogP contribution in [0.15, 0.2) is 18.2 Å². The van der Waals surface area contributed by atoms with Gasteiger partial charge in [-0.1, -0.05) is 6.07 Å². The first-order valence-electron chi connectivity index (χ1n) is 5.39. The first-order chi connectivity index (χ1) is 8.45. The summed E-state index contributed by atoms with van der Waals surface area (Å²) in [4.78, 5) is 13.0. The minimum Gasteiger partial charge on any atom is -0.383 e. The Kier molecular flexibility index (Phi) is 7.51. The molecule has 0 saturated carbocycles. The zero-order chi connectivity index (χ0) is 13.7. The van der Waals surface area contributed by atoms with Crippen molar-refractivity contribution in [3.63, 3.8) is 0 Å². The third-order valence-corrected chi connectivity index (χ3v) is 2.46. The second kappa shape index (κ2) is 8.04. The van der Waals surface area contributed by atoms with E-state index < -0.39 is 17.7 Å². The maximum Gasteiger partial charge on any atom is 0.241 e. The van der Waals surface area contributed by atoms with Crippen molar-refractivity contribution in [2.24, 2.45) is 5.73 Å². The molecule has 7 heteroatoms. The molecule has 0 aliphatic rings. The van der Waals surface area contributed by atoms with Gasteiger partial charge in [0.15, 0.2) is 0 Å². The van der Waals surface area contributed by atoms with Gasteiger partial charge in [-0.05, 0) is 6.07 Å². The molecule has 0 aliphatic carbocycles. The van der Waals surface area contributed by atoms with Crippen molar-refractivity contribution < 1.29 is 18.3 Å². The Bertz CT molecular complexity index is 432. The minimum absolute atomic E-state index is 0. The smallest absolute Gasteiger partial charge is 0.241 e. The van der Waals surface area contributed by atoms with Crippen LogP contribution in [-0.2, 0) is 16.1 Å². The summed E-state index contributed by atoms with van der Waals surface area (Å²) in [7, 11) is 2.94. The molecule has 0 saturated heterocycles. The van der Waals surface area contributed by atoms with Gasteiger partial charge in [0.1, 0.15) is 17.7 Å². The molecule has 108 valence electrons. The van der Waals surface area contributed by atoms with Crippen LogP contribution in [0, 0.1) is 11.6 Å². The third kappa shape index (κ3) is 5.10. The number of hydrogen-bond acceptors (Lipinski definition) is 3. The number of ether oxygens (including phenoxy) is 1. The number of benzene rings is 1. The number of amides is 1. The van der Waals surface area contributed by atoms with Crippen molar-refractivity contribution in [2.45, 2.75) is 12.6 Å². The van der Waals surface area contributed by atoms with Crippen molar-refractivity contribution >= 4 is 18.3 Å². The molecule has 1 unspecified atom stereocenters. The normalized spacial score (nSPS) is 11.6. The van der Waals surface area contributed by atoms with E-state index in [9.17, 15) is 13.6 Å². The fraction of sp³-hybridized carbons (Fsp3) is 0.417. The number of nitrogens with zero attached hydrogens (tertiary/aromatic N) is 1. The van der Waals surface area contributed by atoms with Gasteiger partial charge in [-0.25, -0.2) is 8.78 Å². The van der Waals surface area contributed by atoms with Crippen LogP contribution in [0.1, 0.15) is 5.56 Å². The Morgan fingerprint density at radius 2 is 2.11 bits per heavy atom. The summed E-state index contributed by atoms with van der Waals surface area (Å²) in [6.07, 6.45) is 0. The van der Waals surface area contributed by atoms with Gasteiger partial charge in [0.2, 0.25) is 5.91 Å². The third-order valence-electron chi connectivity index (χ3n) is 2.46. The molecule has 1 aromatic carbocycles. The van der Waals surface area contributed by atoms with Crippen molar-refractivity contribution in [3.8, 4) is 0 Å². The van der Waals surface area contributed by atoms with Crippen molar-refractivity contribution in [3.05, 3.63) is 35.4 Å². The van der Waals surface area contributed by atoms with Crippen LogP contribution in [0.2, 0.25) is 0 Å². The summed E-state index contributed by atoms with van der Waals surface area (Å²) in [5, 5.41) is 0. The molecule has 0 fully saturated rings. The van der Waals surface area contributed by atoms with Crippen LogP contribution in [0.3, 0.4) is 0 Å². The fourth-order valence-electron chi connectivity index (χ4n) is 1.52. The maximum absolute atomic E-state index is 13.4. The number of hydrogen-bond donors (Lipinski definition) is 1. The van der Waals surface area contributed by atoms with Crippen molar-refractivity contribution in [1.29, 1.82) is 0 Å². The highest BCUT2D eigenvalue weighted by atomic mass is 35.5. The topological polar surface area (TPSA) is 55.6 Å². The lowest BCUT2D eigenvalue weighted by Gasteiger charge is -2.21. The number of nitrogens with two attached hydrogens (primary N) is 1. The lowest BCUT2D eigenvalue weighted by atomic mass is 10.2. The predicted molar refractivity (Wildman–Crippen MR) is 69.9 cm³/mol. The van der Waals surface area contributed by atoms with Gasteiger partial charge >= 0.3 is 0 Å². The molecule has 19 heavy (non-hydrogen) atoms. The largest absolute Gasteiger partial charge is 0.383 e. The van der Waals surface area contributed by atoms with Crippen LogP contribution in [-0.4, -0.2) is 37.6 Å². The van der Waals surface area contributed by atoms with E-state index >= 15 is 0 Å². The molecule has 0 spiro atoms. The van der Waals surface area contributed by atoms with E-state index in [1.165, 1.54) is 25.1 Å². The quantitative estimate of drug-likeness (QED) is 0.891. The molecule has 1 aromatic rings. The van der Waals surface area contributed by atoms with Gasteiger partial charge < -0.3 is 15.4 Å². The molecule has 1 atom stereocenters. The summed E-state index contributed by atoms with van der Waals surface area (Å²) >= 11 is 0. The van der Waals surface area contributed by atoms with E-state index in [1.54, 1.807) is 0 Å². The fourth-order valence-corrected chi connectivity index (χ4v) is 1.52. The average Bonchev–Trinajstić information content (AvgIpc) is 2.32. The Morgan fingerprint density at radius 1 is 1.47 bits per heavy atom. The summed E-state index contributed by atoms with van der Waals surface area (Å²) < 4.78 is 30.9. The summed E-state index contributed by atoms with van der Waals surface area (Å²) in [5.41, 5.74) is 5.81. The molecule has 4 nitrogen and oxygen atoms in total. The average molecular weight is 295 g/mol. The summed E-state index contributed by atoms with van der Waals surface area (Å²) in [6, 6.07) is 2.44. The molecule has 0 radical (unpaired) electrons. The Morgan fingerprint density at radius 3 is 2.63 bits per heavy atom. The number of carbonyl (C=O) groups excluding carboxylic acids is 1. The van der Waals surface area contributed by atoms with E-state index in [0.717, 1.165) is 12.1 Å². The van der Waals surface area contributed by atoms with Gasteiger partial charge in [-0.3, -0.25) is 4.79 Å². The lowest BCUT2D eigenvalue weighted by Crippen LogP contribution is -2.44. The highest BCUT2D eigenvalue weighted by molar-refractivity contribution is 5.85. The molecule has 0 heterocycles. The Balaban J connectivity index is 0.00000324. The number of likely N-dealkylation sites (N-methyl/N-ethyl adjacent to an activating group) is 1. The molecule has 1 amide bonds. The molecular weight excluding hydrogens is 278 g/mol. The van der Waals surface area contributed by atoms with Gasteiger partial charge in [-0.2, -0.15) is 0 Å². The van der Waals surface area contributed by atoms with Gasteiger partial charge in [-0.15, -0.1) is 12.4 Å². The first kappa shape index (κ1) is 17.8. The SMILES string of the molecule is COCC(N)C(=O)N(C)Cc1ccc(F)cc1F.Cl. The monoisotopic (exact) mass is 294 g/mol. The predicted octanol–water partition coefficient (Wildman–Crippen LogP) is 1.32. The van der Waals surface area contributed by atoms with E-state index in [4.69, 9.17) is 10.5 Å². The number of carbonyl (C=O) groups is 1. The zero-order valence-corrected chi connectivity index (χ0v) is 11.5. The van der Waals surface area contributed by atoms with Crippen LogP contribution in [0.25, 0.3) is 0 Å². The molecule has 1 rings (SSSR count). The van der Waals surface area contributed by atoms with Gasteiger partial charge in [0.25, 0.3) is 0 Å². The van der Waals surface area contributed by atoms with Crippen LogP contribution >= 0.6 is 12.4 Å². The second-order valence-electron chi connectivity index (χ2n) is 3.99. The number of methoxy groups -OCH3 is 1. The van der Waals surface area contributed by atoms with Crippen LogP contribution in [0.4, 0.5) is 8.78 Å². The lowest BCUT2D eigenvalue weighted by molar-refractivity contribution is -0.133. The van der Waals surface area contributed by atoms with Crippen molar-refractivity contribution in [1.82, 2.24) is 4.90 Å². The summed E-state index contributed by atoms with van der Waals surface area (Å²) in [5.74, 6) is -1.70. The standard InChI is InChI=1S/C12H16F2N2O2.ClH/c1-16(12(17)11(15)7-18-2)6-8-3-4-9(13)5-10(8)14;/h3-5,11H,6-7,15H2,1-2H3;1H. The van der Waals surface area contributed by atoms with E-state index in [0.29, 0.717) is 0 Å². The molecule has 0 aliphatic heterocycles. The van der Waals surface area contributed by atoms with E-state index in [-0.39, 0.29) is 37.0 Å². The molecule has 0 aromatic heterocycles. The van der Waals surface area contributed by atoms with E-state index in [1.807, 2.05) is 0 Å². The van der Waals surface area contributed by atoms with Crippen LogP contribution in [0.5, 0.6) is 0 Å². The maximum atomic E-state index is 13.4. The highest BCUT2D eigenvalue weighted by Gasteiger charge is 2.18. The molecular formula is C12H17ClF2N2O2. The second-order valence-corrected chi connectivity index (χ2v) is 3.99. The first-order valence-corrected chi connectivity index (χ1v) is 5.39. The Hall–Kier alpha value is -1.24. The zero-order valence-electron chi connectivity index (χ0n) is 10.7. The molecule has 2 N–H and O–H groups in total. The number of halogens is 3. The molecule has 0 bridgehead atoms. The minimum atomic E-state index is -0.788. The van der Waals surface area contributed by atoms with E-state index in [2.05, 4.69) is 0 Å². The van der Waals surface area contributed by atoms with Crippen LogP contribution < -0.4 is 5.73 Å². The number of rotatable bonds is 5. The summed E-state index contributed by atoms with van der Waals surface area (Å²) in [6.45, 7) is 0.122. The van der Waals surface area contributed by atoms with Gasteiger partial charge in [0.05, 0.1) is 6.61 Å². The Labute approximate surface area is 116 Å².